The minimum absolute atomic E-state index is 0.0221. The van der Waals surface area contributed by atoms with Gasteiger partial charge in [-0.2, -0.15) is 0 Å². The molecular formula is C14H28N2O2. The second-order valence-electron chi connectivity index (χ2n) is 5.88. The SMILES string of the molecule is CC(C)CCOC(C)C(=O)NC1(CN)CCCC1. The van der Waals surface area contributed by atoms with Crippen LogP contribution in [0.1, 0.15) is 52.9 Å². The van der Waals surface area contributed by atoms with E-state index in [9.17, 15) is 4.79 Å². The van der Waals surface area contributed by atoms with Crippen LogP contribution in [0, 0.1) is 5.92 Å². The van der Waals surface area contributed by atoms with Crippen LogP contribution in [-0.2, 0) is 9.53 Å². The third-order valence-corrected chi connectivity index (χ3v) is 3.77. The molecule has 106 valence electrons. The van der Waals surface area contributed by atoms with Gasteiger partial charge in [0, 0.05) is 13.2 Å². The van der Waals surface area contributed by atoms with Crippen molar-refractivity contribution >= 4 is 5.91 Å². The van der Waals surface area contributed by atoms with Crippen molar-refractivity contribution < 1.29 is 9.53 Å². The highest BCUT2D eigenvalue weighted by atomic mass is 16.5. The van der Waals surface area contributed by atoms with Gasteiger partial charge in [0.15, 0.2) is 0 Å². The highest BCUT2D eigenvalue weighted by molar-refractivity contribution is 5.81. The van der Waals surface area contributed by atoms with E-state index < -0.39 is 0 Å². The molecule has 0 radical (unpaired) electrons. The van der Waals surface area contributed by atoms with Crippen LogP contribution in [0.3, 0.4) is 0 Å². The van der Waals surface area contributed by atoms with E-state index in [2.05, 4.69) is 19.2 Å². The highest BCUT2D eigenvalue weighted by Crippen LogP contribution is 2.28. The average Bonchev–Trinajstić information content (AvgIpc) is 2.77. The molecule has 1 fully saturated rings. The van der Waals surface area contributed by atoms with Gasteiger partial charge in [0.1, 0.15) is 6.10 Å². The molecule has 0 aromatic carbocycles. The van der Waals surface area contributed by atoms with Crippen molar-refractivity contribution in [2.45, 2.75) is 64.5 Å². The van der Waals surface area contributed by atoms with E-state index >= 15 is 0 Å². The fourth-order valence-corrected chi connectivity index (χ4v) is 2.35. The van der Waals surface area contributed by atoms with Crippen molar-refractivity contribution in [3.63, 3.8) is 0 Å². The molecule has 1 rings (SSSR count). The van der Waals surface area contributed by atoms with E-state index in [1.54, 1.807) is 0 Å². The number of carbonyl (C=O) groups excluding carboxylic acids is 1. The monoisotopic (exact) mass is 256 g/mol. The second kappa shape index (κ2) is 7.10. The zero-order valence-electron chi connectivity index (χ0n) is 12.0. The van der Waals surface area contributed by atoms with E-state index in [0.717, 1.165) is 32.1 Å². The molecule has 4 nitrogen and oxygen atoms in total. The summed E-state index contributed by atoms with van der Waals surface area (Å²) in [7, 11) is 0. The topological polar surface area (TPSA) is 64.3 Å². The Kier molecular flexibility index (Phi) is 6.09. The number of hydrogen-bond donors (Lipinski definition) is 2. The third-order valence-electron chi connectivity index (χ3n) is 3.77. The van der Waals surface area contributed by atoms with Crippen molar-refractivity contribution in [1.82, 2.24) is 5.32 Å². The number of carbonyl (C=O) groups is 1. The summed E-state index contributed by atoms with van der Waals surface area (Å²) in [6, 6.07) is 0. The van der Waals surface area contributed by atoms with Crippen molar-refractivity contribution in [1.29, 1.82) is 0 Å². The Hall–Kier alpha value is -0.610. The number of hydrogen-bond acceptors (Lipinski definition) is 3. The first-order valence-corrected chi connectivity index (χ1v) is 7.13. The van der Waals surface area contributed by atoms with Crippen LogP contribution in [0.5, 0.6) is 0 Å². The molecule has 0 bridgehead atoms. The summed E-state index contributed by atoms with van der Waals surface area (Å²) < 4.78 is 5.56. The van der Waals surface area contributed by atoms with Gasteiger partial charge >= 0.3 is 0 Å². The normalized spacial score (nSPS) is 20.1. The Labute approximate surface area is 111 Å². The maximum Gasteiger partial charge on any atom is 0.249 e. The van der Waals surface area contributed by atoms with Crippen molar-refractivity contribution in [3.05, 3.63) is 0 Å². The number of ether oxygens (including phenoxy) is 1. The van der Waals surface area contributed by atoms with E-state index in [-0.39, 0.29) is 17.6 Å². The molecule has 18 heavy (non-hydrogen) atoms. The first-order chi connectivity index (χ1) is 8.49. The third kappa shape index (κ3) is 4.58. The summed E-state index contributed by atoms with van der Waals surface area (Å²) in [5.74, 6) is 0.580. The Morgan fingerprint density at radius 3 is 2.44 bits per heavy atom. The number of nitrogens with one attached hydrogen (secondary N) is 1. The molecule has 1 saturated carbocycles. The molecule has 0 saturated heterocycles. The van der Waals surface area contributed by atoms with E-state index in [1.807, 2.05) is 6.92 Å². The summed E-state index contributed by atoms with van der Waals surface area (Å²) in [5, 5.41) is 3.09. The average molecular weight is 256 g/mol. The first-order valence-electron chi connectivity index (χ1n) is 7.13. The number of rotatable bonds is 7. The number of nitrogens with two attached hydrogens (primary N) is 1. The lowest BCUT2D eigenvalue weighted by atomic mass is 9.97. The van der Waals surface area contributed by atoms with Crippen molar-refractivity contribution in [2.75, 3.05) is 13.2 Å². The van der Waals surface area contributed by atoms with Crippen LogP contribution in [0.15, 0.2) is 0 Å². The van der Waals surface area contributed by atoms with Gasteiger partial charge in [-0.25, -0.2) is 0 Å². The number of amides is 1. The standard InChI is InChI=1S/C14H28N2O2/c1-11(2)6-9-18-12(3)13(17)16-14(10-15)7-4-5-8-14/h11-12H,4-10,15H2,1-3H3,(H,16,17). The molecule has 0 aromatic heterocycles. The molecule has 0 heterocycles. The summed E-state index contributed by atoms with van der Waals surface area (Å²) in [5.41, 5.74) is 5.63. The molecular weight excluding hydrogens is 228 g/mol. The minimum atomic E-state index is -0.382. The van der Waals surface area contributed by atoms with Crippen LogP contribution in [0.2, 0.25) is 0 Å². The van der Waals surface area contributed by atoms with E-state index in [1.165, 1.54) is 0 Å². The fraction of sp³-hybridized carbons (Fsp3) is 0.929. The predicted octanol–water partition coefficient (Wildman–Crippen LogP) is 1.83. The zero-order chi connectivity index (χ0) is 13.6. The Morgan fingerprint density at radius 2 is 1.94 bits per heavy atom. The molecule has 3 N–H and O–H groups in total. The summed E-state index contributed by atoms with van der Waals surface area (Å²) in [6.45, 7) is 7.28. The first kappa shape index (κ1) is 15.4. The molecule has 4 heteroatoms. The van der Waals surface area contributed by atoms with Gasteiger partial charge in [0.05, 0.1) is 5.54 Å². The largest absolute Gasteiger partial charge is 0.369 e. The Balaban J connectivity index is 2.34. The van der Waals surface area contributed by atoms with Gasteiger partial charge in [0.25, 0.3) is 0 Å². The van der Waals surface area contributed by atoms with Crippen LogP contribution < -0.4 is 11.1 Å². The minimum Gasteiger partial charge on any atom is -0.369 e. The molecule has 1 atom stereocenters. The lowest BCUT2D eigenvalue weighted by Crippen LogP contribution is -2.54. The van der Waals surface area contributed by atoms with Gasteiger partial charge in [0.2, 0.25) is 5.91 Å². The quantitative estimate of drug-likeness (QED) is 0.730. The maximum atomic E-state index is 12.0. The van der Waals surface area contributed by atoms with Crippen LogP contribution in [-0.4, -0.2) is 30.7 Å². The molecule has 0 aromatic rings. The summed E-state index contributed by atoms with van der Waals surface area (Å²) in [6.07, 6.45) is 4.90. The molecule has 1 aliphatic rings. The fourth-order valence-electron chi connectivity index (χ4n) is 2.35. The van der Waals surface area contributed by atoms with Gasteiger partial charge in [-0.05, 0) is 32.1 Å². The Morgan fingerprint density at radius 1 is 1.33 bits per heavy atom. The van der Waals surface area contributed by atoms with Crippen LogP contribution >= 0.6 is 0 Å². The smallest absolute Gasteiger partial charge is 0.249 e. The van der Waals surface area contributed by atoms with E-state index in [4.69, 9.17) is 10.5 Å². The molecule has 0 aliphatic heterocycles. The van der Waals surface area contributed by atoms with Gasteiger partial charge in [-0.1, -0.05) is 26.7 Å². The summed E-state index contributed by atoms with van der Waals surface area (Å²) in [4.78, 5) is 12.0. The maximum absolute atomic E-state index is 12.0. The van der Waals surface area contributed by atoms with Crippen LogP contribution in [0.4, 0.5) is 0 Å². The molecule has 1 amide bonds. The highest BCUT2D eigenvalue weighted by Gasteiger charge is 2.34. The molecule has 1 unspecified atom stereocenters. The second-order valence-corrected chi connectivity index (χ2v) is 5.88. The molecule has 0 spiro atoms. The molecule has 1 aliphatic carbocycles. The van der Waals surface area contributed by atoms with Crippen LogP contribution in [0.25, 0.3) is 0 Å². The predicted molar refractivity (Wildman–Crippen MR) is 73.3 cm³/mol. The van der Waals surface area contributed by atoms with Gasteiger partial charge in [-0.15, -0.1) is 0 Å². The Bertz CT molecular complexity index is 261. The van der Waals surface area contributed by atoms with Crippen molar-refractivity contribution in [2.24, 2.45) is 11.7 Å². The van der Waals surface area contributed by atoms with Gasteiger partial charge < -0.3 is 15.8 Å². The zero-order valence-corrected chi connectivity index (χ0v) is 12.0. The van der Waals surface area contributed by atoms with E-state index in [0.29, 0.717) is 19.1 Å². The summed E-state index contributed by atoms with van der Waals surface area (Å²) >= 11 is 0. The lowest BCUT2D eigenvalue weighted by molar-refractivity contribution is -0.133. The van der Waals surface area contributed by atoms with Gasteiger partial charge in [-0.3, -0.25) is 4.79 Å². The van der Waals surface area contributed by atoms with Crippen molar-refractivity contribution in [3.8, 4) is 0 Å². The lowest BCUT2D eigenvalue weighted by Gasteiger charge is -2.30.